The minimum absolute atomic E-state index is 0.125. The summed E-state index contributed by atoms with van der Waals surface area (Å²) in [7, 11) is 0. The first-order valence-electron chi connectivity index (χ1n) is 6.90. The zero-order chi connectivity index (χ0) is 14.9. The van der Waals surface area contributed by atoms with E-state index in [9.17, 15) is 27.9 Å². The van der Waals surface area contributed by atoms with Crippen molar-refractivity contribution in [3.63, 3.8) is 0 Å². The van der Waals surface area contributed by atoms with Crippen LogP contribution in [0.15, 0.2) is 0 Å². The Morgan fingerprint density at radius 2 is 1.85 bits per heavy atom. The van der Waals surface area contributed by atoms with Crippen molar-refractivity contribution < 1.29 is 27.9 Å². The molecule has 1 heterocycles. The predicted octanol–water partition coefficient (Wildman–Crippen LogP) is 2.57. The van der Waals surface area contributed by atoms with E-state index in [0.717, 1.165) is 19.3 Å². The van der Waals surface area contributed by atoms with E-state index in [-0.39, 0.29) is 12.0 Å². The van der Waals surface area contributed by atoms with Gasteiger partial charge in [-0.15, -0.1) is 0 Å². The maximum Gasteiger partial charge on any atom is 0.389 e. The van der Waals surface area contributed by atoms with Crippen LogP contribution in [0, 0.1) is 5.92 Å². The van der Waals surface area contributed by atoms with Crippen molar-refractivity contribution in [3.8, 4) is 0 Å². The Balaban J connectivity index is 2.08. The van der Waals surface area contributed by atoms with Gasteiger partial charge in [-0.05, 0) is 25.2 Å². The Labute approximate surface area is 114 Å². The summed E-state index contributed by atoms with van der Waals surface area (Å²) in [5, 5.41) is 9.19. The first-order chi connectivity index (χ1) is 9.29. The predicted molar refractivity (Wildman–Crippen MR) is 63.9 cm³/mol. The Morgan fingerprint density at radius 1 is 1.20 bits per heavy atom. The second-order valence-corrected chi connectivity index (χ2v) is 5.62. The molecule has 3 atom stereocenters. The molecule has 20 heavy (non-hydrogen) atoms. The zero-order valence-corrected chi connectivity index (χ0v) is 11.0. The quantitative estimate of drug-likeness (QED) is 0.870. The molecule has 0 spiro atoms. The van der Waals surface area contributed by atoms with E-state index in [0.29, 0.717) is 12.8 Å². The monoisotopic (exact) mass is 293 g/mol. The van der Waals surface area contributed by atoms with Gasteiger partial charge in [0, 0.05) is 12.5 Å². The van der Waals surface area contributed by atoms with Crippen molar-refractivity contribution in [2.75, 3.05) is 0 Å². The average Bonchev–Trinajstić information content (AvgIpc) is 2.74. The third-order valence-electron chi connectivity index (χ3n) is 4.28. The summed E-state index contributed by atoms with van der Waals surface area (Å²) in [5.41, 5.74) is 0. The van der Waals surface area contributed by atoms with E-state index in [1.165, 1.54) is 4.90 Å². The van der Waals surface area contributed by atoms with E-state index in [1.54, 1.807) is 0 Å². The number of alkyl halides is 3. The van der Waals surface area contributed by atoms with Crippen LogP contribution in [0.2, 0.25) is 0 Å². The normalized spacial score (nSPS) is 30.1. The molecule has 0 aromatic heterocycles. The Hall–Kier alpha value is -1.27. The number of carbonyl (C=O) groups excluding carboxylic acids is 1. The number of rotatable bonds is 3. The molecule has 1 amide bonds. The van der Waals surface area contributed by atoms with Gasteiger partial charge in [0.25, 0.3) is 0 Å². The SMILES string of the molecule is O=C(O)C1CC2CCCCC2N1C(=O)CCC(F)(F)F. The number of carboxylic acids is 1. The second-order valence-electron chi connectivity index (χ2n) is 5.62. The lowest BCUT2D eigenvalue weighted by Crippen LogP contribution is -2.46. The van der Waals surface area contributed by atoms with E-state index in [2.05, 4.69) is 0 Å². The van der Waals surface area contributed by atoms with Crippen LogP contribution >= 0.6 is 0 Å². The summed E-state index contributed by atoms with van der Waals surface area (Å²) in [6, 6.07) is -1.14. The molecule has 4 nitrogen and oxygen atoms in total. The molecular weight excluding hydrogens is 275 g/mol. The lowest BCUT2D eigenvalue weighted by molar-refractivity contribution is -0.156. The van der Waals surface area contributed by atoms with E-state index >= 15 is 0 Å². The van der Waals surface area contributed by atoms with Crippen molar-refractivity contribution in [1.29, 1.82) is 0 Å². The maximum absolute atomic E-state index is 12.2. The van der Waals surface area contributed by atoms with Crippen LogP contribution in [0.3, 0.4) is 0 Å². The third-order valence-corrected chi connectivity index (χ3v) is 4.28. The fourth-order valence-corrected chi connectivity index (χ4v) is 3.42. The highest BCUT2D eigenvalue weighted by atomic mass is 19.4. The van der Waals surface area contributed by atoms with Crippen LogP contribution in [0.4, 0.5) is 13.2 Å². The summed E-state index contributed by atoms with van der Waals surface area (Å²) < 4.78 is 36.6. The van der Waals surface area contributed by atoms with E-state index < -0.39 is 36.9 Å². The molecule has 1 aliphatic carbocycles. The first kappa shape index (κ1) is 15.1. The topological polar surface area (TPSA) is 57.6 Å². The number of fused-ring (bicyclic) bond motifs is 1. The number of amides is 1. The van der Waals surface area contributed by atoms with E-state index in [1.807, 2.05) is 0 Å². The Morgan fingerprint density at radius 3 is 2.45 bits per heavy atom. The number of nitrogens with zero attached hydrogens (tertiary/aromatic N) is 1. The van der Waals surface area contributed by atoms with Crippen LogP contribution in [0.25, 0.3) is 0 Å². The number of carbonyl (C=O) groups is 2. The molecule has 1 saturated heterocycles. The van der Waals surface area contributed by atoms with Gasteiger partial charge in [-0.3, -0.25) is 4.79 Å². The Kier molecular flexibility index (Phi) is 4.25. The number of hydrogen-bond donors (Lipinski definition) is 1. The molecule has 2 fully saturated rings. The van der Waals surface area contributed by atoms with Gasteiger partial charge in [0.15, 0.2) is 0 Å². The van der Waals surface area contributed by atoms with Crippen molar-refractivity contribution in [2.24, 2.45) is 5.92 Å². The third kappa shape index (κ3) is 3.24. The van der Waals surface area contributed by atoms with Crippen LogP contribution in [0.1, 0.15) is 44.9 Å². The van der Waals surface area contributed by atoms with Gasteiger partial charge in [0.1, 0.15) is 6.04 Å². The Bertz CT molecular complexity index is 397. The highest BCUT2D eigenvalue weighted by Crippen LogP contribution is 2.40. The van der Waals surface area contributed by atoms with Gasteiger partial charge in [0.05, 0.1) is 6.42 Å². The summed E-state index contributed by atoms with van der Waals surface area (Å²) in [4.78, 5) is 24.5. The highest BCUT2D eigenvalue weighted by Gasteiger charge is 2.47. The van der Waals surface area contributed by atoms with Gasteiger partial charge in [0.2, 0.25) is 5.91 Å². The molecule has 7 heteroatoms. The standard InChI is InChI=1S/C13H18F3NO3/c14-13(15,16)6-5-11(18)17-9-4-2-1-3-8(9)7-10(17)12(19)20/h8-10H,1-7H2,(H,19,20). The van der Waals surface area contributed by atoms with Crippen LogP contribution in [0.5, 0.6) is 0 Å². The molecule has 2 aliphatic rings. The molecule has 114 valence electrons. The zero-order valence-electron chi connectivity index (χ0n) is 11.0. The lowest BCUT2D eigenvalue weighted by atomic mass is 9.84. The largest absolute Gasteiger partial charge is 0.480 e. The summed E-state index contributed by atoms with van der Waals surface area (Å²) >= 11 is 0. The molecule has 0 radical (unpaired) electrons. The van der Waals surface area contributed by atoms with Gasteiger partial charge in [-0.2, -0.15) is 13.2 Å². The van der Waals surface area contributed by atoms with Gasteiger partial charge in [-0.25, -0.2) is 4.79 Å². The minimum Gasteiger partial charge on any atom is -0.480 e. The number of hydrogen-bond acceptors (Lipinski definition) is 2. The van der Waals surface area contributed by atoms with Gasteiger partial charge in [-0.1, -0.05) is 12.8 Å². The summed E-state index contributed by atoms with van der Waals surface area (Å²) in [5.74, 6) is -1.66. The molecule has 2 rings (SSSR count). The van der Waals surface area contributed by atoms with Crippen molar-refractivity contribution >= 4 is 11.9 Å². The first-order valence-corrected chi connectivity index (χ1v) is 6.90. The minimum atomic E-state index is -4.39. The maximum atomic E-state index is 12.2. The van der Waals surface area contributed by atoms with Crippen molar-refractivity contribution in [1.82, 2.24) is 4.90 Å². The molecule has 0 aromatic rings. The van der Waals surface area contributed by atoms with Gasteiger partial charge < -0.3 is 10.0 Å². The number of likely N-dealkylation sites (tertiary alicyclic amines) is 1. The average molecular weight is 293 g/mol. The lowest BCUT2D eigenvalue weighted by Gasteiger charge is -2.33. The second kappa shape index (κ2) is 5.61. The molecule has 1 N–H and O–H groups in total. The number of halogens is 3. The summed E-state index contributed by atoms with van der Waals surface area (Å²) in [6.45, 7) is 0. The number of carboxylic acid groups (broad SMARTS) is 1. The smallest absolute Gasteiger partial charge is 0.389 e. The van der Waals surface area contributed by atoms with Crippen molar-refractivity contribution in [2.45, 2.75) is 63.2 Å². The fourth-order valence-electron chi connectivity index (χ4n) is 3.42. The molecular formula is C13H18F3NO3. The van der Waals surface area contributed by atoms with Crippen molar-refractivity contribution in [3.05, 3.63) is 0 Å². The van der Waals surface area contributed by atoms with Crippen LogP contribution < -0.4 is 0 Å². The van der Waals surface area contributed by atoms with Crippen LogP contribution in [-0.4, -0.2) is 40.1 Å². The van der Waals surface area contributed by atoms with Crippen LogP contribution in [-0.2, 0) is 9.59 Å². The molecule has 3 unspecified atom stereocenters. The molecule has 1 aliphatic heterocycles. The van der Waals surface area contributed by atoms with E-state index in [4.69, 9.17) is 0 Å². The number of aliphatic carboxylic acids is 1. The fraction of sp³-hybridized carbons (Fsp3) is 0.846. The molecule has 0 bridgehead atoms. The van der Waals surface area contributed by atoms with Gasteiger partial charge >= 0.3 is 12.1 Å². The molecule has 1 saturated carbocycles. The summed E-state index contributed by atoms with van der Waals surface area (Å²) in [6.07, 6.45) is -2.40. The highest BCUT2D eigenvalue weighted by molar-refractivity contribution is 5.84. The molecule has 0 aromatic carbocycles.